The van der Waals surface area contributed by atoms with Crippen LogP contribution in [0.5, 0.6) is 0 Å². The first kappa shape index (κ1) is 14.7. The molecule has 2 heterocycles. The van der Waals surface area contributed by atoms with Crippen molar-refractivity contribution in [2.45, 2.75) is 23.1 Å². The lowest BCUT2D eigenvalue weighted by molar-refractivity contribution is -0.384. The van der Waals surface area contributed by atoms with Gasteiger partial charge in [0, 0.05) is 25.2 Å². The molecule has 0 radical (unpaired) electrons. The van der Waals surface area contributed by atoms with Gasteiger partial charge < -0.3 is 5.73 Å². The summed E-state index contributed by atoms with van der Waals surface area (Å²) in [6.45, 7) is 0.602. The van der Waals surface area contributed by atoms with Crippen LogP contribution in [0, 0.1) is 10.1 Å². The van der Waals surface area contributed by atoms with Crippen molar-refractivity contribution in [2.24, 2.45) is 5.73 Å². The van der Waals surface area contributed by atoms with E-state index < -0.39 is 14.9 Å². The molecule has 1 unspecified atom stereocenters. The van der Waals surface area contributed by atoms with Gasteiger partial charge in [-0.05, 0) is 12.8 Å². The van der Waals surface area contributed by atoms with Crippen molar-refractivity contribution in [3.05, 3.63) is 20.5 Å². The SMILES string of the molecule is NC1CCCN(S(=O)(=O)c2cc([N+](=O)[O-])c(Cl)s2)C1. The van der Waals surface area contributed by atoms with Crippen LogP contribution in [-0.2, 0) is 10.0 Å². The standard InChI is InChI=1S/C9H12ClN3O4S2/c10-9-7(13(14)15)4-8(18-9)19(16,17)12-3-1-2-6(11)5-12/h4,6H,1-3,5,11H2. The number of sulfonamides is 1. The van der Waals surface area contributed by atoms with Gasteiger partial charge in [-0.1, -0.05) is 11.6 Å². The number of hydrogen-bond donors (Lipinski definition) is 1. The van der Waals surface area contributed by atoms with Gasteiger partial charge in [0.1, 0.15) is 4.21 Å². The lowest BCUT2D eigenvalue weighted by Crippen LogP contribution is -2.45. The first-order valence-electron chi connectivity index (χ1n) is 5.52. The van der Waals surface area contributed by atoms with Gasteiger partial charge in [-0.15, -0.1) is 11.3 Å². The van der Waals surface area contributed by atoms with Crippen LogP contribution in [0.3, 0.4) is 0 Å². The molecule has 1 fully saturated rings. The van der Waals surface area contributed by atoms with E-state index in [4.69, 9.17) is 17.3 Å². The molecule has 1 aromatic rings. The third-order valence-electron chi connectivity index (χ3n) is 2.86. The molecule has 19 heavy (non-hydrogen) atoms. The quantitative estimate of drug-likeness (QED) is 0.668. The highest BCUT2D eigenvalue weighted by atomic mass is 35.5. The highest BCUT2D eigenvalue weighted by Crippen LogP contribution is 2.37. The monoisotopic (exact) mass is 325 g/mol. The Kier molecular flexibility index (Phi) is 4.11. The summed E-state index contributed by atoms with van der Waals surface area (Å²) in [5.41, 5.74) is 5.36. The zero-order valence-corrected chi connectivity index (χ0v) is 12.2. The van der Waals surface area contributed by atoms with Gasteiger partial charge in [0.15, 0.2) is 4.34 Å². The van der Waals surface area contributed by atoms with Crippen molar-refractivity contribution in [1.82, 2.24) is 4.31 Å². The lowest BCUT2D eigenvalue weighted by atomic mass is 10.1. The van der Waals surface area contributed by atoms with Gasteiger partial charge in [-0.3, -0.25) is 10.1 Å². The summed E-state index contributed by atoms with van der Waals surface area (Å²) >= 11 is 6.38. The average Bonchev–Trinajstić information content (AvgIpc) is 2.72. The summed E-state index contributed by atoms with van der Waals surface area (Å²) in [5.74, 6) is 0. The normalized spacial score (nSPS) is 21.5. The molecule has 1 aliphatic rings. The zero-order chi connectivity index (χ0) is 14.2. The zero-order valence-electron chi connectivity index (χ0n) is 9.78. The maximum absolute atomic E-state index is 12.3. The van der Waals surface area contributed by atoms with E-state index in [0.29, 0.717) is 24.3 Å². The first-order chi connectivity index (χ1) is 8.82. The Hall–Kier alpha value is -0.740. The minimum atomic E-state index is -3.75. The number of rotatable bonds is 3. The average molecular weight is 326 g/mol. The first-order valence-corrected chi connectivity index (χ1v) is 8.15. The van der Waals surface area contributed by atoms with Crippen LogP contribution in [0.15, 0.2) is 10.3 Å². The van der Waals surface area contributed by atoms with Crippen LogP contribution in [0.1, 0.15) is 12.8 Å². The summed E-state index contributed by atoms with van der Waals surface area (Å²) < 4.78 is 25.7. The highest BCUT2D eigenvalue weighted by Gasteiger charge is 2.32. The Morgan fingerprint density at radius 3 is 2.79 bits per heavy atom. The Balaban J connectivity index is 2.34. The van der Waals surface area contributed by atoms with E-state index in [9.17, 15) is 18.5 Å². The fourth-order valence-corrected chi connectivity index (χ4v) is 5.26. The molecule has 0 spiro atoms. The minimum absolute atomic E-state index is 0.113. The van der Waals surface area contributed by atoms with Gasteiger partial charge in [-0.2, -0.15) is 4.31 Å². The molecule has 106 valence electrons. The maximum atomic E-state index is 12.3. The second-order valence-corrected chi connectivity index (χ2v) is 8.07. The fourth-order valence-electron chi connectivity index (χ4n) is 1.91. The second kappa shape index (κ2) is 5.33. The number of nitrogens with two attached hydrogens (primary N) is 1. The van der Waals surface area contributed by atoms with E-state index >= 15 is 0 Å². The molecule has 1 aliphatic heterocycles. The van der Waals surface area contributed by atoms with E-state index in [-0.39, 0.29) is 26.8 Å². The Morgan fingerprint density at radius 2 is 2.26 bits per heavy atom. The Morgan fingerprint density at radius 1 is 1.58 bits per heavy atom. The van der Waals surface area contributed by atoms with Crippen molar-refractivity contribution >= 4 is 38.6 Å². The van der Waals surface area contributed by atoms with Crippen LogP contribution >= 0.6 is 22.9 Å². The predicted octanol–water partition coefficient (Wildman–Crippen LogP) is 1.42. The van der Waals surface area contributed by atoms with Crippen molar-refractivity contribution in [2.75, 3.05) is 13.1 Å². The van der Waals surface area contributed by atoms with E-state index in [0.717, 1.165) is 12.5 Å². The van der Waals surface area contributed by atoms with Crippen LogP contribution in [-0.4, -0.2) is 36.8 Å². The molecule has 1 atom stereocenters. The molecule has 1 saturated heterocycles. The molecule has 1 aromatic heterocycles. The molecule has 0 aromatic carbocycles. The summed E-state index contributed by atoms with van der Waals surface area (Å²) in [4.78, 5) is 10.00. The molecule has 0 saturated carbocycles. The number of nitrogens with zero attached hydrogens (tertiary/aromatic N) is 2. The largest absolute Gasteiger partial charge is 0.327 e. The number of nitro groups is 1. The minimum Gasteiger partial charge on any atom is -0.327 e. The lowest BCUT2D eigenvalue weighted by Gasteiger charge is -2.29. The molecule has 2 rings (SSSR count). The van der Waals surface area contributed by atoms with Gasteiger partial charge >= 0.3 is 0 Å². The molecular weight excluding hydrogens is 314 g/mol. The Labute approximate surface area is 119 Å². The molecule has 0 bridgehead atoms. The van der Waals surface area contributed by atoms with E-state index in [2.05, 4.69) is 0 Å². The van der Waals surface area contributed by atoms with E-state index in [1.165, 1.54) is 4.31 Å². The van der Waals surface area contributed by atoms with Crippen molar-refractivity contribution < 1.29 is 13.3 Å². The highest BCUT2D eigenvalue weighted by molar-refractivity contribution is 7.91. The van der Waals surface area contributed by atoms with Crippen molar-refractivity contribution in [1.29, 1.82) is 0 Å². The van der Waals surface area contributed by atoms with E-state index in [1.54, 1.807) is 0 Å². The number of halogens is 1. The molecule has 7 nitrogen and oxygen atoms in total. The smallest absolute Gasteiger partial charge is 0.300 e. The number of thiophene rings is 1. The third kappa shape index (κ3) is 2.90. The van der Waals surface area contributed by atoms with Crippen LogP contribution in [0.2, 0.25) is 4.34 Å². The number of hydrogen-bond acceptors (Lipinski definition) is 6. The van der Waals surface area contributed by atoms with Gasteiger partial charge in [0.25, 0.3) is 15.7 Å². The summed E-state index contributed by atoms with van der Waals surface area (Å²) in [6.07, 6.45) is 1.46. The maximum Gasteiger partial charge on any atom is 0.300 e. The van der Waals surface area contributed by atoms with Crippen molar-refractivity contribution in [3.63, 3.8) is 0 Å². The van der Waals surface area contributed by atoms with Crippen LogP contribution in [0.4, 0.5) is 5.69 Å². The van der Waals surface area contributed by atoms with Crippen molar-refractivity contribution in [3.8, 4) is 0 Å². The van der Waals surface area contributed by atoms with Gasteiger partial charge in [-0.25, -0.2) is 8.42 Å². The fraction of sp³-hybridized carbons (Fsp3) is 0.556. The summed E-state index contributed by atoms with van der Waals surface area (Å²) in [7, 11) is -3.75. The second-order valence-electron chi connectivity index (χ2n) is 4.25. The topological polar surface area (TPSA) is 107 Å². The van der Waals surface area contributed by atoms with Crippen LogP contribution in [0.25, 0.3) is 0 Å². The van der Waals surface area contributed by atoms with Crippen LogP contribution < -0.4 is 5.73 Å². The Bertz CT molecular complexity index is 601. The molecular formula is C9H12ClN3O4S2. The van der Waals surface area contributed by atoms with Gasteiger partial charge in [0.2, 0.25) is 0 Å². The summed E-state index contributed by atoms with van der Waals surface area (Å²) in [5, 5.41) is 10.7. The summed E-state index contributed by atoms with van der Waals surface area (Å²) in [6, 6.07) is 0.802. The molecule has 2 N–H and O–H groups in total. The third-order valence-corrected chi connectivity index (χ3v) is 6.51. The van der Waals surface area contributed by atoms with E-state index in [1.807, 2.05) is 0 Å². The molecule has 0 amide bonds. The predicted molar refractivity (Wildman–Crippen MR) is 72.0 cm³/mol. The number of piperidine rings is 1. The molecule has 10 heteroatoms. The van der Waals surface area contributed by atoms with Gasteiger partial charge in [0.05, 0.1) is 4.92 Å². The molecule has 0 aliphatic carbocycles.